The van der Waals surface area contributed by atoms with E-state index < -0.39 is 10.0 Å². The summed E-state index contributed by atoms with van der Waals surface area (Å²) in [5.41, 5.74) is 1.12. The Kier molecular flexibility index (Phi) is 4.75. The first-order chi connectivity index (χ1) is 9.03. The van der Waals surface area contributed by atoms with E-state index in [-0.39, 0.29) is 0 Å². The molecule has 0 saturated heterocycles. The van der Waals surface area contributed by atoms with Gasteiger partial charge in [0.15, 0.2) is 0 Å². The lowest BCUT2D eigenvalue weighted by molar-refractivity contribution is 0.584. The molecule has 0 bridgehead atoms. The van der Waals surface area contributed by atoms with E-state index in [9.17, 15) is 8.42 Å². The molecule has 0 aliphatic rings. The molecule has 2 rings (SSSR count). The van der Waals surface area contributed by atoms with Crippen molar-refractivity contribution >= 4 is 32.7 Å². The molecule has 0 unspecified atom stereocenters. The first-order valence-electron chi connectivity index (χ1n) is 5.79. The summed E-state index contributed by atoms with van der Waals surface area (Å²) in [5, 5.41) is 4.97. The van der Waals surface area contributed by atoms with E-state index in [0.717, 1.165) is 15.3 Å². The van der Waals surface area contributed by atoms with Crippen LogP contribution in [0.5, 0.6) is 0 Å². The highest BCUT2D eigenvalue weighted by atomic mass is 32.2. The lowest BCUT2D eigenvalue weighted by Gasteiger charge is -2.04. The normalized spacial score (nSPS) is 11.9. The summed E-state index contributed by atoms with van der Waals surface area (Å²) < 4.78 is 27.3. The molecule has 0 amide bonds. The Labute approximate surface area is 121 Å². The summed E-state index contributed by atoms with van der Waals surface area (Å²) in [4.78, 5) is 2.06. The molecule has 0 atom stereocenters. The molecule has 0 aliphatic heterocycles. The zero-order valence-corrected chi connectivity index (χ0v) is 13.2. The van der Waals surface area contributed by atoms with E-state index in [1.807, 2.05) is 31.5 Å². The van der Waals surface area contributed by atoms with Crippen LogP contribution in [0.4, 0.5) is 0 Å². The van der Waals surface area contributed by atoms with Crippen LogP contribution in [0.2, 0.25) is 0 Å². The van der Waals surface area contributed by atoms with Crippen molar-refractivity contribution in [2.75, 3.05) is 7.05 Å². The molecule has 0 fully saturated rings. The molecule has 4 nitrogen and oxygen atoms in total. The Hall–Kier alpha value is -0.730. The second kappa shape index (κ2) is 6.15. The number of rotatable bonds is 6. The van der Waals surface area contributed by atoms with Gasteiger partial charge >= 0.3 is 0 Å². The molecule has 7 heteroatoms. The molecule has 2 heterocycles. The van der Waals surface area contributed by atoms with Gasteiger partial charge in [0.25, 0.3) is 0 Å². The van der Waals surface area contributed by atoms with Gasteiger partial charge in [0.05, 0.1) is 0 Å². The van der Waals surface area contributed by atoms with Gasteiger partial charge in [0.1, 0.15) is 4.21 Å². The van der Waals surface area contributed by atoms with Crippen LogP contribution >= 0.6 is 22.7 Å². The maximum atomic E-state index is 12.1. The van der Waals surface area contributed by atoms with Crippen molar-refractivity contribution in [1.82, 2.24) is 10.0 Å². The van der Waals surface area contributed by atoms with Crippen LogP contribution in [0.25, 0.3) is 0 Å². The number of nitrogens with one attached hydrogen (secondary N) is 2. The average molecular weight is 316 g/mol. The average Bonchev–Trinajstić information content (AvgIpc) is 2.97. The SMILES string of the molecule is CNCc1ccc(S(=O)(=O)NCc2sccc2C)s1. The number of hydrogen-bond acceptors (Lipinski definition) is 5. The Morgan fingerprint density at radius 1 is 1.21 bits per heavy atom. The molecular weight excluding hydrogens is 300 g/mol. The zero-order valence-electron chi connectivity index (χ0n) is 10.8. The third-order valence-electron chi connectivity index (χ3n) is 2.64. The molecule has 104 valence electrons. The maximum absolute atomic E-state index is 12.1. The Balaban J connectivity index is 2.07. The van der Waals surface area contributed by atoms with E-state index >= 15 is 0 Å². The summed E-state index contributed by atoms with van der Waals surface area (Å²) in [6, 6.07) is 5.48. The van der Waals surface area contributed by atoms with Crippen LogP contribution in [0.15, 0.2) is 27.8 Å². The standard InChI is InChI=1S/C12H16N2O2S3/c1-9-5-6-17-11(9)8-14-19(15,16)12-4-3-10(18-12)7-13-2/h3-6,13-14H,7-8H2,1-2H3. The first kappa shape index (κ1) is 14.7. The first-order valence-corrected chi connectivity index (χ1v) is 8.97. The minimum atomic E-state index is -3.40. The van der Waals surface area contributed by atoms with Crippen molar-refractivity contribution in [2.45, 2.75) is 24.2 Å². The maximum Gasteiger partial charge on any atom is 0.250 e. The molecule has 0 radical (unpaired) electrons. The minimum absolute atomic E-state index is 0.352. The van der Waals surface area contributed by atoms with E-state index in [0.29, 0.717) is 17.3 Å². The van der Waals surface area contributed by atoms with E-state index in [1.54, 1.807) is 17.4 Å². The quantitative estimate of drug-likeness (QED) is 0.860. The van der Waals surface area contributed by atoms with Crippen molar-refractivity contribution in [3.63, 3.8) is 0 Å². The molecule has 2 N–H and O–H groups in total. The van der Waals surface area contributed by atoms with E-state index in [4.69, 9.17) is 0 Å². The molecule has 0 spiro atoms. The molecule has 19 heavy (non-hydrogen) atoms. The Morgan fingerprint density at radius 3 is 2.63 bits per heavy atom. The van der Waals surface area contributed by atoms with Gasteiger partial charge in [0, 0.05) is 22.8 Å². The third-order valence-corrected chi connectivity index (χ3v) is 6.65. The number of thiophene rings is 2. The lowest BCUT2D eigenvalue weighted by atomic mass is 10.3. The fourth-order valence-electron chi connectivity index (χ4n) is 1.59. The van der Waals surface area contributed by atoms with Gasteiger partial charge in [-0.15, -0.1) is 22.7 Å². The number of aryl methyl sites for hydroxylation is 1. The smallest absolute Gasteiger partial charge is 0.250 e. The molecular formula is C12H16N2O2S3. The summed E-state index contributed by atoms with van der Waals surface area (Å²) in [6.45, 7) is 3.02. The predicted octanol–water partition coefficient (Wildman–Crippen LogP) is 2.32. The third kappa shape index (κ3) is 3.64. The van der Waals surface area contributed by atoms with Gasteiger partial charge in [-0.2, -0.15) is 0 Å². The van der Waals surface area contributed by atoms with Crippen LogP contribution in [0.1, 0.15) is 15.3 Å². The second-order valence-corrected chi connectivity index (χ2v) is 8.27. The predicted molar refractivity (Wildman–Crippen MR) is 80.2 cm³/mol. The Bertz CT molecular complexity index is 643. The number of hydrogen-bond donors (Lipinski definition) is 2. The van der Waals surface area contributed by atoms with E-state index in [2.05, 4.69) is 10.0 Å². The van der Waals surface area contributed by atoms with Crippen molar-refractivity contribution in [2.24, 2.45) is 0 Å². The summed E-state index contributed by atoms with van der Waals surface area (Å²) >= 11 is 2.86. The highest BCUT2D eigenvalue weighted by molar-refractivity contribution is 7.91. The van der Waals surface area contributed by atoms with Crippen LogP contribution < -0.4 is 10.0 Å². The molecule has 0 saturated carbocycles. The second-order valence-electron chi connectivity index (χ2n) is 4.10. The monoisotopic (exact) mass is 316 g/mol. The van der Waals surface area contributed by atoms with Gasteiger partial charge in [-0.25, -0.2) is 13.1 Å². The van der Waals surface area contributed by atoms with Crippen LogP contribution in [-0.4, -0.2) is 15.5 Å². The summed E-state index contributed by atoms with van der Waals surface area (Å²) in [5.74, 6) is 0. The minimum Gasteiger partial charge on any atom is -0.315 e. The Morgan fingerprint density at radius 2 is 2.00 bits per heavy atom. The van der Waals surface area contributed by atoms with E-state index in [1.165, 1.54) is 11.3 Å². The van der Waals surface area contributed by atoms with Crippen molar-refractivity contribution < 1.29 is 8.42 Å². The fourth-order valence-corrected chi connectivity index (χ4v) is 4.93. The fraction of sp³-hybridized carbons (Fsp3) is 0.333. The van der Waals surface area contributed by atoms with Crippen LogP contribution in [-0.2, 0) is 23.1 Å². The molecule has 0 aliphatic carbocycles. The van der Waals surface area contributed by atoms with Gasteiger partial charge in [-0.1, -0.05) is 0 Å². The van der Waals surface area contributed by atoms with Crippen LogP contribution in [0, 0.1) is 6.92 Å². The van der Waals surface area contributed by atoms with Crippen molar-refractivity contribution in [3.8, 4) is 0 Å². The zero-order chi connectivity index (χ0) is 13.9. The highest BCUT2D eigenvalue weighted by Crippen LogP contribution is 2.22. The summed E-state index contributed by atoms with van der Waals surface area (Å²) in [6.07, 6.45) is 0. The molecule has 2 aromatic rings. The van der Waals surface area contributed by atoms with Gasteiger partial charge in [-0.05, 0) is 43.1 Å². The van der Waals surface area contributed by atoms with Crippen molar-refractivity contribution in [1.29, 1.82) is 0 Å². The van der Waals surface area contributed by atoms with Gasteiger partial charge in [-0.3, -0.25) is 0 Å². The molecule has 2 aromatic heterocycles. The van der Waals surface area contributed by atoms with Crippen molar-refractivity contribution in [3.05, 3.63) is 38.9 Å². The van der Waals surface area contributed by atoms with Gasteiger partial charge < -0.3 is 5.32 Å². The number of sulfonamides is 1. The van der Waals surface area contributed by atoms with Gasteiger partial charge in [0.2, 0.25) is 10.0 Å². The lowest BCUT2D eigenvalue weighted by Crippen LogP contribution is -2.22. The van der Waals surface area contributed by atoms with Crippen LogP contribution in [0.3, 0.4) is 0 Å². The highest BCUT2D eigenvalue weighted by Gasteiger charge is 2.17. The largest absolute Gasteiger partial charge is 0.315 e. The summed E-state index contributed by atoms with van der Waals surface area (Å²) in [7, 11) is -1.56. The molecule has 0 aromatic carbocycles. The topological polar surface area (TPSA) is 58.2 Å².